The average molecular weight is 361 g/mol. The van der Waals surface area contributed by atoms with E-state index < -0.39 is 0 Å². The van der Waals surface area contributed by atoms with E-state index in [-0.39, 0.29) is 5.54 Å². The first-order chi connectivity index (χ1) is 13.2. The third kappa shape index (κ3) is 2.43. The molecule has 140 valence electrons. The molecule has 2 aromatic rings. The summed E-state index contributed by atoms with van der Waals surface area (Å²) in [6, 6.07) is 8.55. The molecule has 4 aliphatic carbocycles. The molecular weight excluding hydrogens is 334 g/mol. The van der Waals surface area contributed by atoms with Crippen molar-refractivity contribution in [2.24, 2.45) is 17.8 Å². The number of anilines is 4. The molecule has 0 spiro atoms. The van der Waals surface area contributed by atoms with Crippen LogP contribution in [0.3, 0.4) is 0 Å². The lowest BCUT2D eigenvalue weighted by molar-refractivity contribution is 0.0106. The molecule has 5 nitrogen and oxygen atoms in total. The first-order valence-electron chi connectivity index (χ1n) is 10.4. The van der Waals surface area contributed by atoms with Gasteiger partial charge in [-0.15, -0.1) is 0 Å². The Balaban J connectivity index is 1.33. The van der Waals surface area contributed by atoms with Crippen molar-refractivity contribution in [3.63, 3.8) is 0 Å². The number of benzene rings is 1. The molecule has 0 saturated heterocycles. The number of nitrogens with two attached hydrogens (primary N) is 1. The van der Waals surface area contributed by atoms with E-state index in [1.807, 2.05) is 0 Å². The van der Waals surface area contributed by atoms with E-state index in [0.717, 1.165) is 42.4 Å². The van der Waals surface area contributed by atoms with E-state index in [1.165, 1.54) is 49.8 Å². The third-order valence-electron chi connectivity index (χ3n) is 7.43. The van der Waals surface area contributed by atoms with Crippen molar-refractivity contribution < 1.29 is 0 Å². The molecule has 1 aliphatic heterocycles. The van der Waals surface area contributed by atoms with Crippen LogP contribution in [0.5, 0.6) is 0 Å². The molecule has 1 aromatic heterocycles. The minimum absolute atomic E-state index is 0.206. The topological polar surface area (TPSA) is 67.1 Å². The van der Waals surface area contributed by atoms with E-state index in [1.54, 1.807) is 6.33 Å². The second-order valence-electron chi connectivity index (χ2n) is 9.31. The SMILES string of the molecule is Nc1c(NC23CC4CC(CC(C4)C2)C3)ncnc1N1CCc2ccccc21. The van der Waals surface area contributed by atoms with E-state index in [0.29, 0.717) is 5.69 Å². The predicted octanol–water partition coefficient (Wildman–Crippen LogP) is 4.13. The Hall–Kier alpha value is -2.30. The van der Waals surface area contributed by atoms with Crippen molar-refractivity contribution in [3.8, 4) is 0 Å². The normalized spacial score (nSPS) is 33.3. The molecule has 0 atom stereocenters. The summed E-state index contributed by atoms with van der Waals surface area (Å²) in [7, 11) is 0. The molecular formula is C22H27N5. The van der Waals surface area contributed by atoms with Crippen LogP contribution in [0.2, 0.25) is 0 Å². The predicted molar refractivity (Wildman–Crippen MR) is 108 cm³/mol. The number of fused-ring (bicyclic) bond motifs is 1. The van der Waals surface area contributed by atoms with Crippen molar-refractivity contribution in [2.45, 2.75) is 50.5 Å². The highest BCUT2D eigenvalue weighted by Crippen LogP contribution is 2.56. The van der Waals surface area contributed by atoms with E-state index in [4.69, 9.17) is 5.73 Å². The largest absolute Gasteiger partial charge is 0.393 e. The van der Waals surface area contributed by atoms with Crippen LogP contribution in [0.4, 0.5) is 23.0 Å². The number of para-hydroxylation sites is 1. The van der Waals surface area contributed by atoms with Gasteiger partial charge >= 0.3 is 0 Å². The Kier molecular flexibility index (Phi) is 3.26. The molecule has 4 fully saturated rings. The molecule has 0 unspecified atom stereocenters. The van der Waals surface area contributed by atoms with Crippen molar-refractivity contribution >= 4 is 23.0 Å². The van der Waals surface area contributed by atoms with Crippen molar-refractivity contribution in [1.29, 1.82) is 0 Å². The van der Waals surface area contributed by atoms with Gasteiger partial charge < -0.3 is 16.0 Å². The first kappa shape index (κ1) is 15.7. The molecule has 5 aliphatic rings. The highest BCUT2D eigenvalue weighted by molar-refractivity contribution is 5.81. The number of hydrogen-bond acceptors (Lipinski definition) is 5. The Morgan fingerprint density at radius 3 is 2.44 bits per heavy atom. The molecule has 7 rings (SSSR count). The summed E-state index contributed by atoms with van der Waals surface area (Å²) < 4.78 is 0. The summed E-state index contributed by atoms with van der Waals surface area (Å²) in [6.07, 6.45) is 10.9. The maximum absolute atomic E-state index is 6.62. The van der Waals surface area contributed by atoms with E-state index in [2.05, 4.69) is 44.5 Å². The Labute approximate surface area is 160 Å². The van der Waals surface area contributed by atoms with Gasteiger partial charge in [0.05, 0.1) is 0 Å². The quantitative estimate of drug-likeness (QED) is 0.860. The summed E-state index contributed by atoms with van der Waals surface area (Å²) in [6.45, 7) is 0.928. The maximum Gasteiger partial charge on any atom is 0.161 e. The molecule has 3 N–H and O–H groups in total. The van der Waals surface area contributed by atoms with Gasteiger partial charge in [-0.3, -0.25) is 0 Å². The monoisotopic (exact) mass is 361 g/mol. The number of hydrogen-bond donors (Lipinski definition) is 2. The van der Waals surface area contributed by atoms with Crippen molar-refractivity contribution in [3.05, 3.63) is 36.2 Å². The number of nitrogens with one attached hydrogen (secondary N) is 1. The van der Waals surface area contributed by atoms with Gasteiger partial charge in [-0.2, -0.15) is 0 Å². The molecule has 1 aromatic carbocycles. The summed E-state index contributed by atoms with van der Waals surface area (Å²) >= 11 is 0. The number of nitrogen functional groups attached to an aromatic ring is 1. The Morgan fingerprint density at radius 1 is 1.00 bits per heavy atom. The van der Waals surface area contributed by atoms with Crippen molar-refractivity contribution in [1.82, 2.24) is 9.97 Å². The molecule has 5 heteroatoms. The van der Waals surface area contributed by atoms with Crippen LogP contribution in [0.25, 0.3) is 0 Å². The lowest BCUT2D eigenvalue weighted by Crippen LogP contribution is -2.55. The van der Waals surface area contributed by atoms with Gasteiger partial charge in [0, 0.05) is 17.8 Å². The smallest absolute Gasteiger partial charge is 0.161 e. The zero-order valence-corrected chi connectivity index (χ0v) is 15.7. The third-order valence-corrected chi connectivity index (χ3v) is 7.43. The maximum atomic E-state index is 6.62. The van der Waals surface area contributed by atoms with E-state index >= 15 is 0 Å². The van der Waals surface area contributed by atoms with Crippen LogP contribution in [-0.4, -0.2) is 22.1 Å². The molecule has 27 heavy (non-hydrogen) atoms. The lowest BCUT2D eigenvalue weighted by Gasteiger charge is -2.57. The molecule has 0 radical (unpaired) electrons. The standard InChI is InChI=1S/C22H27N5/c23-19-20(26-22-10-14-7-15(11-22)9-16(8-14)12-22)24-13-25-21(19)27-6-5-17-3-1-2-4-18(17)27/h1-4,13-16H,5-12,23H2,(H,24,25,26). The minimum atomic E-state index is 0.206. The van der Waals surface area contributed by atoms with Gasteiger partial charge in [0.1, 0.15) is 12.0 Å². The molecule has 0 amide bonds. The van der Waals surface area contributed by atoms with Crippen LogP contribution in [0.1, 0.15) is 44.1 Å². The summed E-state index contributed by atoms with van der Waals surface area (Å²) in [5.41, 5.74) is 10.1. The summed E-state index contributed by atoms with van der Waals surface area (Å²) in [4.78, 5) is 11.4. The molecule has 4 saturated carbocycles. The second-order valence-corrected chi connectivity index (χ2v) is 9.31. The Bertz CT molecular complexity index is 857. The van der Waals surface area contributed by atoms with E-state index in [9.17, 15) is 0 Å². The first-order valence-corrected chi connectivity index (χ1v) is 10.4. The zero-order valence-electron chi connectivity index (χ0n) is 15.7. The lowest BCUT2D eigenvalue weighted by atomic mass is 9.53. The highest BCUT2D eigenvalue weighted by Gasteiger charge is 2.51. The average Bonchev–Trinajstić information content (AvgIpc) is 3.06. The molecule has 4 bridgehead atoms. The van der Waals surface area contributed by atoms with Crippen LogP contribution in [0, 0.1) is 17.8 Å². The fraction of sp³-hybridized carbons (Fsp3) is 0.545. The van der Waals surface area contributed by atoms with Gasteiger partial charge in [0.15, 0.2) is 11.6 Å². The van der Waals surface area contributed by atoms with Crippen LogP contribution in [0.15, 0.2) is 30.6 Å². The second kappa shape index (κ2) is 5.60. The van der Waals surface area contributed by atoms with Crippen LogP contribution >= 0.6 is 0 Å². The van der Waals surface area contributed by atoms with Gasteiger partial charge in [0.2, 0.25) is 0 Å². The summed E-state index contributed by atoms with van der Waals surface area (Å²) in [5.74, 6) is 4.39. The van der Waals surface area contributed by atoms with Crippen molar-refractivity contribution in [2.75, 3.05) is 22.5 Å². The van der Waals surface area contributed by atoms with Gasteiger partial charge in [-0.25, -0.2) is 9.97 Å². The Morgan fingerprint density at radius 2 is 1.70 bits per heavy atom. The van der Waals surface area contributed by atoms with Crippen LogP contribution < -0.4 is 16.0 Å². The number of rotatable bonds is 3. The zero-order chi connectivity index (χ0) is 18.0. The minimum Gasteiger partial charge on any atom is -0.393 e. The van der Waals surface area contributed by atoms with Gasteiger partial charge in [0.25, 0.3) is 0 Å². The fourth-order valence-electron chi connectivity index (χ4n) is 6.77. The summed E-state index contributed by atoms with van der Waals surface area (Å²) in [5, 5.41) is 3.84. The van der Waals surface area contributed by atoms with Crippen LogP contribution in [-0.2, 0) is 6.42 Å². The number of nitrogens with zero attached hydrogens (tertiary/aromatic N) is 3. The highest BCUT2D eigenvalue weighted by atomic mass is 15.2. The van der Waals surface area contributed by atoms with Gasteiger partial charge in [-0.1, -0.05) is 18.2 Å². The fourth-order valence-corrected chi connectivity index (χ4v) is 6.77. The number of aromatic nitrogens is 2. The van der Waals surface area contributed by atoms with Gasteiger partial charge in [-0.05, 0) is 74.3 Å². The molecule has 2 heterocycles.